The van der Waals surface area contributed by atoms with Gasteiger partial charge in [-0.25, -0.2) is 4.79 Å². The molecule has 3 aromatic carbocycles. The molecule has 3 aliphatic rings. The van der Waals surface area contributed by atoms with Crippen molar-refractivity contribution in [3.8, 4) is 17.2 Å². The molecule has 0 saturated carbocycles. The number of amides is 1. The smallest absolute Gasteiger partial charge is 0.349 e. The number of halogens is 1. The fraction of sp³-hybridized carbons (Fsp3) is 0.378. The fourth-order valence-electron chi connectivity index (χ4n) is 7.85. The molecule has 0 radical (unpaired) electrons. The van der Waals surface area contributed by atoms with Gasteiger partial charge in [-0.05, 0) is 83.8 Å². The standard InChI is InChI=1S/C26H30NO4S2.C19H24N2O4.BrH/c28-25(26(29,23-9-4-17-32-23)24-10-5-18-33-24)31-22-19-27(14-11-20(22)12-15-27)13-6-16-30-21-7-2-1-3-8-21;1-13(9-14-3-6-16(25-2)7-4-14)20-11-19(24)15-5-8-18(23)17(10-15)21-12-22;/h1-5,7-10,17-18,20,22,29H,6,11-16,19H2;3-8,10,12-13,19-20,23-24H,9,11H2,1-2H3,(H,21,22);1H/q+1;;/p-1/t20?,22-,27?;13-,19+;/m01./s1. The number of piperidine rings is 3. The molecule has 59 heavy (non-hydrogen) atoms. The van der Waals surface area contributed by atoms with Crippen molar-refractivity contribution in [1.29, 1.82) is 0 Å². The second kappa shape index (κ2) is 21.8. The first-order chi connectivity index (χ1) is 28.1. The summed E-state index contributed by atoms with van der Waals surface area (Å²) in [5.41, 5.74) is 0.337. The number of benzene rings is 3. The van der Waals surface area contributed by atoms with E-state index in [1.165, 1.54) is 34.3 Å². The number of ether oxygens (including phenoxy) is 3. The fourth-order valence-corrected chi connectivity index (χ4v) is 9.56. The molecule has 5 aromatic rings. The Morgan fingerprint density at radius 3 is 2.24 bits per heavy atom. The second-order valence-electron chi connectivity index (χ2n) is 15.1. The van der Waals surface area contributed by atoms with E-state index < -0.39 is 17.7 Å². The zero-order valence-corrected chi connectivity index (χ0v) is 36.6. The summed E-state index contributed by atoms with van der Waals surface area (Å²) in [4.78, 5) is 25.2. The predicted molar refractivity (Wildman–Crippen MR) is 227 cm³/mol. The molecule has 2 bridgehead atoms. The summed E-state index contributed by atoms with van der Waals surface area (Å²) in [6.45, 7) is 7.21. The van der Waals surface area contributed by atoms with E-state index in [1.807, 2.05) is 96.5 Å². The molecule has 316 valence electrons. The predicted octanol–water partition coefficient (Wildman–Crippen LogP) is 3.89. The Balaban J connectivity index is 0.000000230. The number of fused-ring (bicyclic) bond motifs is 3. The molecule has 0 unspecified atom stereocenters. The number of carbonyl (C=O) groups excluding carboxylic acids is 2. The molecule has 3 saturated heterocycles. The van der Waals surface area contributed by atoms with Crippen molar-refractivity contribution in [3.63, 3.8) is 0 Å². The number of rotatable bonds is 18. The van der Waals surface area contributed by atoms with E-state index in [1.54, 1.807) is 19.2 Å². The number of phenolic OH excluding ortho intramolecular Hbond substituents is 1. The molecule has 14 heteroatoms. The molecular weight excluding hydrogens is 855 g/mol. The largest absolute Gasteiger partial charge is 1.00 e. The van der Waals surface area contributed by atoms with Gasteiger partial charge < -0.3 is 61.6 Å². The minimum atomic E-state index is -1.73. The molecule has 1 amide bonds. The Hall–Kier alpha value is -4.28. The van der Waals surface area contributed by atoms with Crippen molar-refractivity contribution in [2.75, 3.05) is 51.8 Å². The highest BCUT2D eigenvalue weighted by Gasteiger charge is 2.51. The maximum atomic E-state index is 13.4. The summed E-state index contributed by atoms with van der Waals surface area (Å²) >= 11 is 2.77. The number of aliphatic hydroxyl groups excluding tert-OH is 1. The van der Waals surface area contributed by atoms with Crippen LogP contribution in [0.1, 0.15) is 53.2 Å². The first kappa shape index (κ1) is 45.8. The lowest BCUT2D eigenvalue weighted by molar-refractivity contribution is -0.946. The average molecular weight is 909 g/mol. The summed E-state index contributed by atoms with van der Waals surface area (Å²) in [5, 5.41) is 41.0. The monoisotopic (exact) mass is 907 g/mol. The highest BCUT2D eigenvalue weighted by molar-refractivity contribution is 7.12. The maximum Gasteiger partial charge on any atom is 0.349 e. The molecule has 2 aromatic heterocycles. The molecule has 11 nitrogen and oxygen atoms in total. The topological polar surface area (TPSA) is 147 Å². The van der Waals surface area contributed by atoms with Crippen molar-refractivity contribution in [2.24, 2.45) is 5.92 Å². The van der Waals surface area contributed by atoms with Crippen LogP contribution in [0.5, 0.6) is 17.2 Å². The zero-order valence-electron chi connectivity index (χ0n) is 33.4. The van der Waals surface area contributed by atoms with Crippen molar-refractivity contribution in [3.05, 3.63) is 129 Å². The highest BCUT2D eigenvalue weighted by Crippen LogP contribution is 2.40. The van der Waals surface area contributed by atoms with E-state index in [9.17, 15) is 24.9 Å². The summed E-state index contributed by atoms with van der Waals surface area (Å²) in [6.07, 6.45) is 3.51. The first-order valence-electron chi connectivity index (χ1n) is 19.7. The number of esters is 1. The number of hydrogen-bond acceptors (Lipinski definition) is 11. The minimum Gasteiger partial charge on any atom is -1.00 e. The van der Waals surface area contributed by atoms with E-state index in [0.29, 0.717) is 40.8 Å². The van der Waals surface area contributed by atoms with Gasteiger partial charge in [0.2, 0.25) is 12.0 Å². The number of carbonyl (C=O) groups is 2. The number of hydrogen-bond donors (Lipinski definition) is 5. The lowest BCUT2D eigenvalue weighted by atomic mass is 9.83. The van der Waals surface area contributed by atoms with E-state index >= 15 is 0 Å². The summed E-state index contributed by atoms with van der Waals surface area (Å²) in [7, 11) is 1.64. The van der Waals surface area contributed by atoms with Gasteiger partial charge in [-0.2, -0.15) is 0 Å². The van der Waals surface area contributed by atoms with Crippen LogP contribution in [-0.4, -0.2) is 90.8 Å². The lowest BCUT2D eigenvalue weighted by Gasteiger charge is -2.52. The highest BCUT2D eigenvalue weighted by atomic mass is 79.9. The number of anilines is 1. The van der Waals surface area contributed by atoms with Crippen LogP contribution in [0, 0.1) is 5.92 Å². The molecule has 0 spiro atoms. The molecule has 8 rings (SSSR count). The van der Waals surface area contributed by atoms with E-state index in [2.05, 4.69) is 10.6 Å². The summed E-state index contributed by atoms with van der Waals surface area (Å²) in [6, 6.07) is 30.0. The summed E-state index contributed by atoms with van der Waals surface area (Å²) < 4.78 is 18.1. The molecular formula is C45H54BrN3O8S2. The quantitative estimate of drug-likeness (QED) is 0.0291. The third kappa shape index (κ3) is 11.9. The van der Waals surface area contributed by atoms with Gasteiger partial charge in [0.15, 0.2) is 6.10 Å². The summed E-state index contributed by atoms with van der Waals surface area (Å²) in [5.74, 6) is 1.53. The van der Waals surface area contributed by atoms with Crippen LogP contribution in [0.15, 0.2) is 108 Å². The van der Waals surface area contributed by atoms with Gasteiger partial charge in [0, 0.05) is 37.8 Å². The third-order valence-corrected chi connectivity index (χ3v) is 13.1. The average Bonchev–Trinajstić information content (AvgIpc) is 4.01. The Morgan fingerprint density at radius 2 is 1.63 bits per heavy atom. The molecule has 5 heterocycles. The third-order valence-electron chi connectivity index (χ3n) is 11.1. The number of phenols is 1. The van der Waals surface area contributed by atoms with E-state index in [4.69, 9.17) is 14.2 Å². The molecule has 3 atom stereocenters. The Kier molecular flexibility index (Phi) is 16.9. The SMILES string of the molecule is COc1ccc(C[C@@H](C)NC[C@H](O)c2ccc(O)c(NC=O)c2)cc1.O=C(O[C@H]1C[N+]2(CCCOc3ccccc3)CCC1CC2)C(O)(c1cccs1)c1cccs1.[Br-]. The molecule has 3 fully saturated rings. The van der Waals surface area contributed by atoms with Gasteiger partial charge in [-0.15, -0.1) is 22.7 Å². The van der Waals surface area contributed by atoms with Crippen molar-refractivity contribution in [2.45, 2.75) is 56.5 Å². The van der Waals surface area contributed by atoms with Gasteiger partial charge in [-0.1, -0.05) is 48.5 Å². The van der Waals surface area contributed by atoms with E-state index in [0.717, 1.165) is 67.8 Å². The van der Waals surface area contributed by atoms with Crippen molar-refractivity contribution in [1.82, 2.24) is 5.32 Å². The minimum absolute atomic E-state index is 0. The number of aliphatic hydroxyl groups is 2. The molecule has 3 aliphatic heterocycles. The molecule has 0 aliphatic carbocycles. The van der Waals surface area contributed by atoms with Crippen LogP contribution >= 0.6 is 22.7 Å². The van der Waals surface area contributed by atoms with Gasteiger partial charge in [0.1, 0.15) is 23.8 Å². The Morgan fingerprint density at radius 1 is 0.949 bits per heavy atom. The number of nitrogens with one attached hydrogen (secondary N) is 2. The van der Waals surface area contributed by atoms with Crippen LogP contribution in [0.4, 0.5) is 5.69 Å². The lowest BCUT2D eigenvalue weighted by Crippen LogP contribution is -3.00. The van der Waals surface area contributed by atoms with Gasteiger partial charge in [0.05, 0.1) is 54.9 Å². The van der Waals surface area contributed by atoms with Gasteiger partial charge >= 0.3 is 5.97 Å². The molecule has 5 N–H and O–H groups in total. The number of nitrogens with zero attached hydrogens (tertiary/aromatic N) is 1. The normalized spacial score (nSPS) is 19.3. The maximum absolute atomic E-state index is 13.4. The Labute approximate surface area is 364 Å². The first-order valence-corrected chi connectivity index (χ1v) is 21.5. The van der Waals surface area contributed by atoms with Crippen LogP contribution in [0.3, 0.4) is 0 Å². The number of para-hydroxylation sites is 1. The van der Waals surface area contributed by atoms with Crippen LogP contribution < -0.4 is 37.1 Å². The van der Waals surface area contributed by atoms with Gasteiger partial charge in [0.25, 0.3) is 0 Å². The van der Waals surface area contributed by atoms with Gasteiger partial charge in [-0.3, -0.25) is 4.79 Å². The van der Waals surface area contributed by atoms with E-state index in [-0.39, 0.29) is 40.6 Å². The van der Waals surface area contributed by atoms with Crippen LogP contribution in [0.2, 0.25) is 0 Å². The van der Waals surface area contributed by atoms with Crippen LogP contribution in [-0.2, 0) is 26.3 Å². The Bertz CT molecular complexity index is 1980. The van der Waals surface area contributed by atoms with Crippen LogP contribution in [0.25, 0.3) is 0 Å². The number of thiophene rings is 2. The zero-order chi connectivity index (χ0) is 41.0. The number of methoxy groups -OCH3 is 1. The number of aromatic hydroxyl groups is 1. The second-order valence-corrected chi connectivity index (χ2v) is 17.0. The van der Waals surface area contributed by atoms with Crippen molar-refractivity contribution >= 4 is 40.7 Å². The van der Waals surface area contributed by atoms with Crippen molar-refractivity contribution < 1.29 is 60.6 Å². The number of quaternary nitrogens is 1.